The Balaban J connectivity index is 1.78. The topological polar surface area (TPSA) is 68.0 Å². The molecule has 0 atom stereocenters. The molecular formula is C20H22N4O2S. The third-order valence-electron chi connectivity index (χ3n) is 4.62. The molecule has 1 amide bonds. The van der Waals surface area contributed by atoms with E-state index in [2.05, 4.69) is 22.3 Å². The van der Waals surface area contributed by atoms with E-state index in [0.29, 0.717) is 18.0 Å². The molecule has 0 spiro atoms. The van der Waals surface area contributed by atoms with Crippen LogP contribution in [-0.4, -0.2) is 29.4 Å². The van der Waals surface area contributed by atoms with Gasteiger partial charge < -0.3 is 10.1 Å². The summed E-state index contributed by atoms with van der Waals surface area (Å²) in [5, 5.41) is 9.86. The molecule has 140 valence electrons. The van der Waals surface area contributed by atoms with Crippen LogP contribution in [0.3, 0.4) is 0 Å². The first-order valence-corrected chi connectivity index (χ1v) is 10.1. The van der Waals surface area contributed by atoms with Crippen LogP contribution in [0.5, 0.6) is 5.75 Å². The molecular weight excluding hydrogens is 360 g/mol. The minimum Gasteiger partial charge on any atom is -0.482 e. The second-order valence-electron chi connectivity index (χ2n) is 6.62. The molecule has 4 rings (SSSR count). The minimum absolute atomic E-state index is 0.0586. The standard InChI is InChI=1S/C20H22N4O2S/c1-2-10-21-20-24(23-15-6-4-3-5-7-15)17(13-27-20)14-8-9-18-16(11-14)22-19(25)12-26-18/h2,8-9,11,13H,1,3-7,10,12H2,(H,22,25). The zero-order chi connectivity index (χ0) is 18.6. The maximum atomic E-state index is 11.6. The number of hydrogen-bond donors (Lipinski definition) is 1. The van der Waals surface area contributed by atoms with E-state index in [1.54, 1.807) is 17.4 Å². The number of benzene rings is 1. The Kier molecular flexibility index (Phi) is 5.20. The Bertz CT molecular complexity index is 963. The molecule has 7 heteroatoms. The number of amides is 1. The van der Waals surface area contributed by atoms with E-state index in [1.807, 2.05) is 22.9 Å². The lowest BCUT2D eigenvalue weighted by atomic mass is 9.99. The van der Waals surface area contributed by atoms with Crippen LogP contribution in [0.25, 0.3) is 11.3 Å². The lowest BCUT2D eigenvalue weighted by molar-refractivity contribution is -0.118. The van der Waals surface area contributed by atoms with Gasteiger partial charge in [0.15, 0.2) is 6.61 Å². The Morgan fingerprint density at radius 1 is 1.30 bits per heavy atom. The Hall–Kier alpha value is -2.67. The molecule has 1 fully saturated rings. The molecule has 0 saturated heterocycles. The van der Waals surface area contributed by atoms with Gasteiger partial charge in [-0.05, 0) is 43.9 Å². The fourth-order valence-corrected chi connectivity index (χ4v) is 4.13. The van der Waals surface area contributed by atoms with Gasteiger partial charge in [-0.1, -0.05) is 12.5 Å². The molecule has 1 N–H and O–H groups in total. The summed E-state index contributed by atoms with van der Waals surface area (Å²) in [5.74, 6) is 0.553. The van der Waals surface area contributed by atoms with E-state index in [1.165, 1.54) is 25.0 Å². The number of rotatable bonds is 4. The van der Waals surface area contributed by atoms with E-state index in [9.17, 15) is 4.79 Å². The monoisotopic (exact) mass is 382 g/mol. The first-order chi connectivity index (χ1) is 13.2. The van der Waals surface area contributed by atoms with Gasteiger partial charge in [0.2, 0.25) is 4.80 Å². The van der Waals surface area contributed by atoms with Crippen LogP contribution in [0.4, 0.5) is 5.69 Å². The van der Waals surface area contributed by atoms with Crippen LogP contribution >= 0.6 is 11.3 Å². The molecule has 0 bridgehead atoms. The van der Waals surface area contributed by atoms with Gasteiger partial charge in [0.05, 0.1) is 17.9 Å². The van der Waals surface area contributed by atoms with Gasteiger partial charge in [0, 0.05) is 16.7 Å². The van der Waals surface area contributed by atoms with Crippen molar-refractivity contribution in [2.24, 2.45) is 10.1 Å². The van der Waals surface area contributed by atoms with Crippen molar-refractivity contribution >= 4 is 28.6 Å². The second-order valence-corrected chi connectivity index (χ2v) is 7.46. The van der Waals surface area contributed by atoms with E-state index < -0.39 is 0 Å². The number of nitrogens with one attached hydrogen (secondary N) is 1. The zero-order valence-corrected chi connectivity index (χ0v) is 15.9. The summed E-state index contributed by atoms with van der Waals surface area (Å²) in [6.45, 7) is 4.37. The summed E-state index contributed by atoms with van der Waals surface area (Å²) < 4.78 is 7.40. The summed E-state index contributed by atoms with van der Waals surface area (Å²) in [6, 6.07) is 5.82. The Labute approximate surface area is 161 Å². The minimum atomic E-state index is -0.137. The van der Waals surface area contributed by atoms with Crippen LogP contribution in [0.1, 0.15) is 32.1 Å². The number of aromatic nitrogens is 1. The smallest absolute Gasteiger partial charge is 0.262 e. The SMILES string of the molecule is C=CCN=c1scc(-c2ccc3c(c2)NC(=O)CO3)n1N=C1CCCCC1. The predicted octanol–water partition coefficient (Wildman–Crippen LogP) is 3.80. The molecule has 1 aliphatic carbocycles. The van der Waals surface area contributed by atoms with Crippen molar-refractivity contribution in [1.29, 1.82) is 0 Å². The molecule has 1 aliphatic heterocycles. The number of carbonyl (C=O) groups is 1. The average molecular weight is 382 g/mol. The summed E-state index contributed by atoms with van der Waals surface area (Å²) in [5.41, 5.74) is 3.84. The first kappa shape index (κ1) is 17.7. The van der Waals surface area contributed by atoms with Crippen molar-refractivity contribution in [3.05, 3.63) is 41.0 Å². The highest BCUT2D eigenvalue weighted by atomic mass is 32.1. The van der Waals surface area contributed by atoms with Crippen molar-refractivity contribution in [2.75, 3.05) is 18.5 Å². The van der Waals surface area contributed by atoms with Gasteiger partial charge in [-0.15, -0.1) is 17.9 Å². The molecule has 0 unspecified atom stereocenters. The highest BCUT2D eigenvalue weighted by molar-refractivity contribution is 7.07. The molecule has 2 aromatic rings. The Morgan fingerprint density at radius 2 is 2.15 bits per heavy atom. The summed E-state index contributed by atoms with van der Waals surface area (Å²) in [4.78, 5) is 17.1. The van der Waals surface area contributed by atoms with Crippen molar-refractivity contribution in [3.8, 4) is 17.0 Å². The van der Waals surface area contributed by atoms with Gasteiger partial charge in [-0.3, -0.25) is 9.79 Å². The van der Waals surface area contributed by atoms with Crippen molar-refractivity contribution < 1.29 is 9.53 Å². The molecule has 6 nitrogen and oxygen atoms in total. The van der Waals surface area contributed by atoms with Gasteiger partial charge in [-0.25, -0.2) is 4.68 Å². The van der Waals surface area contributed by atoms with Gasteiger partial charge in [0.25, 0.3) is 5.91 Å². The van der Waals surface area contributed by atoms with E-state index in [4.69, 9.17) is 9.84 Å². The van der Waals surface area contributed by atoms with E-state index in [0.717, 1.165) is 28.9 Å². The quantitative estimate of drug-likeness (QED) is 0.817. The van der Waals surface area contributed by atoms with Gasteiger partial charge >= 0.3 is 0 Å². The average Bonchev–Trinajstić information content (AvgIpc) is 3.09. The highest BCUT2D eigenvalue weighted by Gasteiger charge is 2.18. The molecule has 1 aromatic carbocycles. The lowest BCUT2D eigenvalue weighted by Crippen LogP contribution is -2.25. The van der Waals surface area contributed by atoms with Crippen LogP contribution in [0.2, 0.25) is 0 Å². The third-order valence-corrected chi connectivity index (χ3v) is 5.48. The van der Waals surface area contributed by atoms with Crippen LogP contribution < -0.4 is 14.9 Å². The molecule has 2 heterocycles. The maximum Gasteiger partial charge on any atom is 0.262 e. The number of ether oxygens (including phenoxy) is 1. The molecule has 27 heavy (non-hydrogen) atoms. The number of thiazole rings is 1. The fraction of sp³-hybridized carbons (Fsp3) is 0.350. The van der Waals surface area contributed by atoms with Crippen molar-refractivity contribution in [3.63, 3.8) is 0 Å². The molecule has 0 radical (unpaired) electrons. The largest absolute Gasteiger partial charge is 0.482 e. The number of anilines is 1. The van der Waals surface area contributed by atoms with Crippen LogP contribution in [-0.2, 0) is 4.79 Å². The summed E-state index contributed by atoms with van der Waals surface area (Å²) in [6.07, 6.45) is 7.52. The van der Waals surface area contributed by atoms with E-state index in [-0.39, 0.29) is 12.5 Å². The molecule has 1 saturated carbocycles. The number of carbonyl (C=O) groups excluding carboxylic acids is 1. The third kappa shape index (κ3) is 3.88. The highest BCUT2D eigenvalue weighted by Crippen LogP contribution is 2.33. The van der Waals surface area contributed by atoms with Crippen LogP contribution in [0.15, 0.2) is 46.3 Å². The molecule has 1 aromatic heterocycles. The van der Waals surface area contributed by atoms with Crippen molar-refractivity contribution in [2.45, 2.75) is 32.1 Å². The first-order valence-electron chi connectivity index (χ1n) is 9.20. The zero-order valence-electron chi connectivity index (χ0n) is 15.1. The van der Waals surface area contributed by atoms with Crippen LogP contribution in [0, 0.1) is 0 Å². The number of nitrogens with zero attached hydrogens (tertiary/aromatic N) is 3. The van der Waals surface area contributed by atoms with Crippen molar-refractivity contribution in [1.82, 2.24) is 4.68 Å². The number of fused-ring (bicyclic) bond motifs is 1. The second kappa shape index (κ2) is 7.92. The Morgan fingerprint density at radius 3 is 2.96 bits per heavy atom. The van der Waals surface area contributed by atoms with Gasteiger partial charge in [0.1, 0.15) is 5.75 Å². The summed E-state index contributed by atoms with van der Waals surface area (Å²) >= 11 is 1.56. The number of hydrogen-bond acceptors (Lipinski definition) is 5. The lowest BCUT2D eigenvalue weighted by Gasteiger charge is -2.18. The van der Waals surface area contributed by atoms with Gasteiger partial charge in [-0.2, -0.15) is 5.10 Å². The predicted molar refractivity (Wildman–Crippen MR) is 108 cm³/mol. The molecule has 2 aliphatic rings. The fourth-order valence-electron chi connectivity index (χ4n) is 3.29. The van der Waals surface area contributed by atoms with E-state index >= 15 is 0 Å². The normalized spacial score (nSPS) is 17.1. The summed E-state index contributed by atoms with van der Waals surface area (Å²) in [7, 11) is 0. The maximum absolute atomic E-state index is 11.6.